The normalized spacial score (nSPS) is 19.9. The second-order valence-corrected chi connectivity index (χ2v) is 7.66. The average Bonchev–Trinajstić information content (AvgIpc) is 2.68. The number of hydrogen-bond acceptors (Lipinski definition) is 3. The van der Waals surface area contributed by atoms with Gasteiger partial charge in [-0.3, -0.25) is 4.79 Å². The zero-order chi connectivity index (χ0) is 20.3. The van der Waals surface area contributed by atoms with Gasteiger partial charge < -0.3 is 9.47 Å². The van der Waals surface area contributed by atoms with Gasteiger partial charge in [0, 0.05) is 11.1 Å². The summed E-state index contributed by atoms with van der Waals surface area (Å²) in [7, 11) is 3.15. The van der Waals surface area contributed by atoms with Crippen molar-refractivity contribution < 1.29 is 14.3 Å². The zero-order valence-corrected chi connectivity index (χ0v) is 17.6. The topological polar surface area (TPSA) is 35.5 Å². The zero-order valence-electron chi connectivity index (χ0n) is 16.1. The van der Waals surface area contributed by atoms with Gasteiger partial charge >= 0.3 is 0 Å². The Balaban J connectivity index is 2.00. The fourth-order valence-electron chi connectivity index (χ4n) is 3.43. The van der Waals surface area contributed by atoms with Crippen molar-refractivity contribution in [2.45, 2.75) is 19.8 Å². The Morgan fingerprint density at radius 3 is 1.68 bits per heavy atom. The Kier molecular flexibility index (Phi) is 6.48. The van der Waals surface area contributed by atoms with Gasteiger partial charge in [-0.15, -0.1) is 0 Å². The molecular weight excluding hydrogens is 395 g/mol. The summed E-state index contributed by atoms with van der Waals surface area (Å²) in [5.74, 6) is 1.54. The molecule has 0 aromatic heterocycles. The van der Waals surface area contributed by atoms with Crippen LogP contribution in [0.5, 0.6) is 11.5 Å². The van der Waals surface area contributed by atoms with E-state index < -0.39 is 0 Å². The molecule has 2 aromatic rings. The average molecular weight is 417 g/mol. The maximum atomic E-state index is 13.1. The smallest absolute Gasteiger partial charge is 0.185 e. The standard InChI is InChI=1S/C23H22Cl2O3/c1-14-10-17(12-15-6-4-8-19(27-2)21(15)24)23(26)18(11-14)13-16-7-5-9-20(28-3)22(16)25/h4-9,12-14H,10-11H2,1-3H3. The maximum absolute atomic E-state index is 13.1. The van der Waals surface area contributed by atoms with E-state index in [-0.39, 0.29) is 5.78 Å². The first-order valence-corrected chi connectivity index (χ1v) is 9.81. The molecule has 28 heavy (non-hydrogen) atoms. The van der Waals surface area contributed by atoms with Gasteiger partial charge in [0.1, 0.15) is 11.5 Å². The minimum absolute atomic E-state index is 0.0240. The van der Waals surface area contributed by atoms with E-state index >= 15 is 0 Å². The number of benzene rings is 2. The van der Waals surface area contributed by atoms with Crippen LogP contribution in [0, 0.1) is 5.92 Å². The lowest BCUT2D eigenvalue weighted by Crippen LogP contribution is -2.18. The minimum atomic E-state index is 0.0240. The van der Waals surface area contributed by atoms with E-state index in [1.807, 2.05) is 36.4 Å². The quantitative estimate of drug-likeness (QED) is 0.535. The van der Waals surface area contributed by atoms with Crippen molar-refractivity contribution in [3.8, 4) is 11.5 Å². The lowest BCUT2D eigenvalue weighted by atomic mass is 9.81. The van der Waals surface area contributed by atoms with E-state index in [4.69, 9.17) is 32.7 Å². The van der Waals surface area contributed by atoms with Crippen LogP contribution in [-0.4, -0.2) is 20.0 Å². The molecule has 2 aromatic carbocycles. The summed E-state index contributed by atoms with van der Waals surface area (Å²) in [4.78, 5) is 13.1. The van der Waals surface area contributed by atoms with Crippen LogP contribution in [0.25, 0.3) is 12.2 Å². The summed E-state index contributed by atoms with van der Waals surface area (Å²) in [6.07, 6.45) is 5.14. The highest BCUT2D eigenvalue weighted by molar-refractivity contribution is 6.34. The fraction of sp³-hybridized carbons (Fsp3) is 0.261. The van der Waals surface area contributed by atoms with Crippen molar-refractivity contribution in [1.82, 2.24) is 0 Å². The van der Waals surface area contributed by atoms with Gasteiger partial charge in [0.25, 0.3) is 0 Å². The van der Waals surface area contributed by atoms with Gasteiger partial charge in [0.05, 0.1) is 24.3 Å². The van der Waals surface area contributed by atoms with Crippen molar-refractivity contribution in [3.05, 3.63) is 68.7 Å². The summed E-state index contributed by atoms with van der Waals surface area (Å²) >= 11 is 12.8. The van der Waals surface area contributed by atoms with Crippen LogP contribution in [0.15, 0.2) is 47.5 Å². The summed E-state index contributed by atoms with van der Waals surface area (Å²) in [5.41, 5.74) is 3.02. The second kappa shape index (κ2) is 8.85. The molecule has 0 unspecified atom stereocenters. The van der Waals surface area contributed by atoms with Crippen LogP contribution >= 0.6 is 23.2 Å². The number of Topliss-reactive ketones (excluding diaryl/α,β-unsaturated/α-hetero) is 1. The van der Waals surface area contributed by atoms with E-state index in [1.165, 1.54) is 0 Å². The molecule has 0 bridgehead atoms. The van der Waals surface area contributed by atoms with E-state index in [2.05, 4.69) is 6.92 Å². The highest BCUT2D eigenvalue weighted by atomic mass is 35.5. The summed E-state index contributed by atoms with van der Waals surface area (Å²) in [5, 5.41) is 1.01. The van der Waals surface area contributed by atoms with E-state index in [0.717, 1.165) is 22.3 Å². The lowest BCUT2D eigenvalue weighted by molar-refractivity contribution is -0.113. The fourth-order valence-corrected chi connectivity index (χ4v) is 3.95. The molecule has 1 saturated carbocycles. The number of ketones is 1. The monoisotopic (exact) mass is 416 g/mol. The summed E-state index contributed by atoms with van der Waals surface area (Å²) < 4.78 is 10.5. The number of carbonyl (C=O) groups excluding carboxylic acids is 1. The number of ether oxygens (including phenoxy) is 2. The third-order valence-electron chi connectivity index (χ3n) is 4.81. The van der Waals surface area contributed by atoms with E-state index in [1.54, 1.807) is 26.4 Å². The van der Waals surface area contributed by atoms with Crippen molar-refractivity contribution >= 4 is 41.1 Å². The Bertz CT molecular complexity index is 885. The van der Waals surface area contributed by atoms with E-state index in [0.29, 0.717) is 40.3 Å². The molecule has 146 valence electrons. The molecule has 0 N–H and O–H groups in total. The molecule has 5 heteroatoms. The Morgan fingerprint density at radius 2 is 1.29 bits per heavy atom. The van der Waals surface area contributed by atoms with Gasteiger partial charge in [-0.2, -0.15) is 0 Å². The predicted molar refractivity (Wildman–Crippen MR) is 115 cm³/mol. The first kappa shape index (κ1) is 20.5. The number of hydrogen-bond donors (Lipinski definition) is 0. The number of allylic oxidation sites excluding steroid dienone is 2. The van der Waals surface area contributed by atoms with Gasteiger partial charge in [0.2, 0.25) is 0 Å². The molecule has 0 amide bonds. The molecule has 0 saturated heterocycles. The molecule has 1 aliphatic rings. The molecule has 0 atom stereocenters. The van der Waals surface area contributed by atoms with Crippen molar-refractivity contribution in [2.75, 3.05) is 14.2 Å². The molecule has 0 aliphatic heterocycles. The number of methoxy groups -OCH3 is 2. The molecule has 0 spiro atoms. The van der Waals surface area contributed by atoms with Crippen LogP contribution in [0.3, 0.4) is 0 Å². The van der Waals surface area contributed by atoms with Gasteiger partial charge in [-0.05, 0) is 54.2 Å². The molecular formula is C23H22Cl2O3. The first-order chi connectivity index (χ1) is 13.4. The van der Waals surface area contributed by atoms with Crippen LogP contribution in [0.4, 0.5) is 0 Å². The molecule has 1 aliphatic carbocycles. The van der Waals surface area contributed by atoms with Crippen molar-refractivity contribution in [3.63, 3.8) is 0 Å². The van der Waals surface area contributed by atoms with Gasteiger partial charge in [0.15, 0.2) is 5.78 Å². The van der Waals surface area contributed by atoms with Crippen LogP contribution in [0.1, 0.15) is 30.9 Å². The molecule has 0 radical (unpaired) electrons. The lowest BCUT2D eigenvalue weighted by Gasteiger charge is -2.23. The van der Waals surface area contributed by atoms with Gasteiger partial charge in [-0.25, -0.2) is 0 Å². The Hall–Kier alpha value is -2.23. The van der Waals surface area contributed by atoms with Crippen molar-refractivity contribution in [1.29, 1.82) is 0 Å². The first-order valence-electron chi connectivity index (χ1n) is 9.05. The summed E-state index contributed by atoms with van der Waals surface area (Å²) in [6, 6.07) is 11.1. The van der Waals surface area contributed by atoms with Gasteiger partial charge in [-0.1, -0.05) is 54.4 Å². The van der Waals surface area contributed by atoms with Crippen LogP contribution in [-0.2, 0) is 4.79 Å². The van der Waals surface area contributed by atoms with E-state index in [9.17, 15) is 4.79 Å². The molecule has 1 fully saturated rings. The largest absolute Gasteiger partial charge is 0.495 e. The molecule has 3 rings (SSSR count). The SMILES string of the molecule is COc1cccc(C=C2CC(C)CC(=Cc3cccc(OC)c3Cl)C2=O)c1Cl. The minimum Gasteiger partial charge on any atom is -0.495 e. The number of halogens is 2. The van der Waals surface area contributed by atoms with Crippen LogP contribution in [0.2, 0.25) is 10.0 Å². The third-order valence-corrected chi connectivity index (χ3v) is 5.61. The van der Waals surface area contributed by atoms with Crippen LogP contribution < -0.4 is 9.47 Å². The Labute approximate surface area is 175 Å². The highest BCUT2D eigenvalue weighted by Gasteiger charge is 2.26. The maximum Gasteiger partial charge on any atom is 0.185 e. The van der Waals surface area contributed by atoms with Crippen molar-refractivity contribution in [2.24, 2.45) is 5.92 Å². The predicted octanol–water partition coefficient (Wildman–Crippen LogP) is 6.48. The third kappa shape index (κ3) is 4.26. The Morgan fingerprint density at radius 1 is 0.857 bits per heavy atom. The summed E-state index contributed by atoms with van der Waals surface area (Å²) in [6.45, 7) is 2.13. The highest BCUT2D eigenvalue weighted by Crippen LogP contribution is 2.36. The number of carbonyl (C=O) groups is 1. The molecule has 0 heterocycles. The second-order valence-electron chi connectivity index (χ2n) is 6.91. The number of rotatable bonds is 4. The molecule has 3 nitrogen and oxygen atoms in total.